The number of aryl methyl sites for hydroxylation is 2. The van der Waals surface area contributed by atoms with Crippen LogP contribution in [0.15, 0.2) is 71.0 Å². The van der Waals surface area contributed by atoms with E-state index < -0.39 is 0 Å². The quantitative estimate of drug-likeness (QED) is 0.276. The molecule has 0 unspecified atom stereocenters. The summed E-state index contributed by atoms with van der Waals surface area (Å²) in [6.07, 6.45) is 7.83. The summed E-state index contributed by atoms with van der Waals surface area (Å²) < 4.78 is 4.31. The smallest absolute Gasteiger partial charge is 0.195 e. The second kappa shape index (κ2) is 9.95. The van der Waals surface area contributed by atoms with Crippen molar-refractivity contribution in [2.45, 2.75) is 36.0 Å². The number of thioether (sulfide) groups is 2. The maximum absolute atomic E-state index is 4.45. The maximum Gasteiger partial charge on any atom is 0.195 e. The van der Waals surface area contributed by atoms with Gasteiger partial charge in [-0.2, -0.15) is 0 Å². The Labute approximate surface area is 185 Å². The summed E-state index contributed by atoms with van der Waals surface area (Å²) in [5.74, 6) is 2.00. The molecule has 4 aromatic rings. The SMILES string of the molecule is CSc1nnc(CCCCc2nnc(SC)n2-c2ccccc2)n1-c1ccccc1. The predicted octanol–water partition coefficient (Wildman–Crippen LogP) is 4.86. The van der Waals surface area contributed by atoms with Crippen molar-refractivity contribution in [2.75, 3.05) is 12.5 Å². The highest BCUT2D eigenvalue weighted by Crippen LogP contribution is 2.23. The molecule has 0 saturated carbocycles. The predicted molar refractivity (Wildman–Crippen MR) is 123 cm³/mol. The Bertz CT molecular complexity index is 988. The van der Waals surface area contributed by atoms with E-state index >= 15 is 0 Å². The van der Waals surface area contributed by atoms with E-state index in [1.807, 2.05) is 48.9 Å². The summed E-state index contributed by atoms with van der Waals surface area (Å²) in [5, 5.41) is 19.5. The van der Waals surface area contributed by atoms with Crippen molar-refractivity contribution >= 4 is 23.5 Å². The molecule has 0 aliphatic rings. The van der Waals surface area contributed by atoms with Crippen LogP contribution < -0.4 is 0 Å². The summed E-state index contributed by atoms with van der Waals surface area (Å²) >= 11 is 3.23. The van der Waals surface area contributed by atoms with E-state index in [1.54, 1.807) is 23.5 Å². The van der Waals surface area contributed by atoms with Gasteiger partial charge in [0.2, 0.25) is 0 Å². The second-order valence-corrected chi connectivity index (χ2v) is 8.30. The third-order valence-corrected chi connectivity index (χ3v) is 6.10. The normalized spacial score (nSPS) is 11.1. The number of para-hydroxylation sites is 2. The molecule has 0 amide bonds. The Morgan fingerprint density at radius 2 is 1.00 bits per heavy atom. The minimum atomic E-state index is 0.872. The van der Waals surface area contributed by atoms with Gasteiger partial charge in [-0.05, 0) is 49.6 Å². The number of aromatic nitrogens is 6. The van der Waals surface area contributed by atoms with E-state index in [-0.39, 0.29) is 0 Å². The van der Waals surface area contributed by atoms with Crippen LogP contribution in [-0.4, -0.2) is 42.0 Å². The van der Waals surface area contributed by atoms with Crippen molar-refractivity contribution in [2.24, 2.45) is 0 Å². The zero-order valence-corrected chi connectivity index (χ0v) is 18.7. The molecular weight excluding hydrogens is 412 g/mol. The summed E-state index contributed by atoms with van der Waals surface area (Å²) in [4.78, 5) is 0. The van der Waals surface area contributed by atoms with Gasteiger partial charge in [0, 0.05) is 24.2 Å². The third-order valence-electron chi connectivity index (χ3n) is 4.85. The molecule has 0 spiro atoms. The molecule has 0 saturated heterocycles. The van der Waals surface area contributed by atoms with Crippen molar-refractivity contribution in [1.29, 1.82) is 0 Å². The molecule has 0 N–H and O–H groups in total. The summed E-state index contributed by atoms with van der Waals surface area (Å²) in [6.45, 7) is 0. The first kappa shape index (κ1) is 20.7. The Balaban J connectivity index is 1.45. The van der Waals surface area contributed by atoms with Gasteiger partial charge in [0.05, 0.1) is 0 Å². The standard InChI is InChI=1S/C22H24N6S2/c1-29-21-25-23-19(27(21)17-11-5-3-6-12-17)15-9-10-16-20-24-26-22(30-2)28(20)18-13-7-4-8-14-18/h3-8,11-14H,9-10,15-16H2,1-2H3. The number of rotatable bonds is 9. The molecule has 0 fully saturated rings. The number of benzene rings is 2. The van der Waals surface area contributed by atoms with Crippen LogP contribution in [0.3, 0.4) is 0 Å². The Kier molecular flexibility index (Phi) is 6.86. The van der Waals surface area contributed by atoms with E-state index in [0.29, 0.717) is 0 Å². The minimum absolute atomic E-state index is 0.872. The first-order valence-corrected chi connectivity index (χ1v) is 12.3. The van der Waals surface area contributed by atoms with Gasteiger partial charge < -0.3 is 0 Å². The van der Waals surface area contributed by atoms with Gasteiger partial charge >= 0.3 is 0 Å². The fourth-order valence-corrected chi connectivity index (χ4v) is 4.46. The Morgan fingerprint density at radius 1 is 0.600 bits per heavy atom. The van der Waals surface area contributed by atoms with Crippen molar-refractivity contribution in [3.05, 3.63) is 72.3 Å². The molecule has 4 rings (SSSR count). The summed E-state index contributed by atoms with van der Waals surface area (Å²) in [5.41, 5.74) is 2.21. The van der Waals surface area contributed by atoms with Crippen LogP contribution in [0.5, 0.6) is 0 Å². The highest BCUT2D eigenvalue weighted by molar-refractivity contribution is 7.98. The molecule has 0 aliphatic heterocycles. The van der Waals surface area contributed by atoms with E-state index in [4.69, 9.17) is 0 Å². The monoisotopic (exact) mass is 436 g/mol. The number of hydrogen-bond donors (Lipinski definition) is 0. The molecular formula is C22H24N6S2. The first-order chi connectivity index (χ1) is 14.8. The average Bonchev–Trinajstić information content (AvgIpc) is 3.41. The lowest BCUT2D eigenvalue weighted by atomic mass is 10.1. The zero-order valence-electron chi connectivity index (χ0n) is 17.1. The topological polar surface area (TPSA) is 61.4 Å². The molecule has 2 aromatic heterocycles. The van der Waals surface area contributed by atoms with Crippen LogP contribution in [0.4, 0.5) is 0 Å². The molecule has 0 radical (unpaired) electrons. The van der Waals surface area contributed by atoms with Crippen LogP contribution in [0.2, 0.25) is 0 Å². The summed E-state index contributed by atoms with van der Waals surface area (Å²) in [7, 11) is 0. The Hall–Kier alpha value is -2.58. The molecule has 0 bridgehead atoms. The van der Waals surface area contributed by atoms with Crippen molar-refractivity contribution < 1.29 is 0 Å². The highest BCUT2D eigenvalue weighted by atomic mass is 32.2. The van der Waals surface area contributed by atoms with Crippen LogP contribution in [0, 0.1) is 0 Å². The molecule has 2 heterocycles. The Morgan fingerprint density at radius 3 is 1.37 bits per heavy atom. The fraction of sp³-hybridized carbons (Fsp3) is 0.273. The lowest BCUT2D eigenvalue weighted by Crippen LogP contribution is -2.05. The molecule has 0 aliphatic carbocycles. The van der Waals surface area contributed by atoms with Crippen molar-refractivity contribution in [1.82, 2.24) is 29.5 Å². The first-order valence-electron chi connectivity index (χ1n) is 9.89. The van der Waals surface area contributed by atoms with Gasteiger partial charge in [-0.3, -0.25) is 9.13 Å². The molecule has 0 atom stereocenters. The molecule has 6 nitrogen and oxygen atoms in total. The average molecular weight is 437 g/mol. The van der Waals surface area contributed by atoms with Gasteiger partial charge in [0.25, 0.3) is 0 Å². The molecule has 2 aromatic carbocycles. The van der Waals surface area contributed by atoms with Gasteiger partial charge in [-0.15, -0.1) is 20.4 Å². The van der Waals surface area contributed by atoms with Crippen LogP contribution in [-0.2, 0) is 12.8 Å². The van der Waals surface area contributed by atoms with E-state index in [0.717, 1.165) is 59.0 Å². The van der Waals surface area contributed by atoms with Crippen molar-refractivity contribution in [3.8, 4) is 11.4 Å². The van der Waals surface area contributed by atoms with Crippen LogP contribution in [0.25, 0.3) is 11.4 Å². The number of hydrogen-bond acceptors (Lipinski definition) is 6. The molecule has 154 valence electrons. The lowest BCUT2D eigenvalue weighted by molar-refractivity contribution is 0.664. The molecule has 8 heteroatoms. The van der Waals surface area contributed by atoms with E-state index in [9.17, 15) is 0 Å². The fourth-order valence-electron chi connectivity index (χ4n) is 3.43. The van der Waals surface area contributed by atoms with E-state index in [1.165, 1.54) is 0 Å². The molecule has 30 heavy (non-hydrogen) atoms. The van der Waals surface area contributed by atoms with Gasteiger partial charge in [0.1, 0.15) is 11.6 Å². The van der Waals surface area contributed by atoms with Crippen LogP contribution in [0.1, 0.15) is 24.5 Å². The minimum Gasteiger partial charge on any atom is -0.274 e. The van der Waals surface area contributed by atoms with E-state index in [2.05, 4.69) is 53.8 Å². The van der Waals surface area contributed by atoms with Crippen molar-refractivity contribution in [3.63, 3.8) is 0 Å². The van der Waals surface area contributed by atoms with Gasteiger partial charge in [-0.1, -0.05) is 59.9 Å². The zero-order chi connectivity index (χ0) is 20.8. The van der Waals surface area contributed by atoms with Gasteiger partial charge in [0.15, 0.2) is 10.3 Å². The van der Waals surface area contributed by atoms with Crippen LogP contribution >= 0.6 is 23.5 Å². The summed E-state index contributed by atoms with van der Waals surface area (Å²) in [6, 6.07) is 20.6. The number of unbranched alkanes of at least 4 members (excludes halogenated alkanes) is 1. The largest absolute Gasteiger partial charge is 0.274 e. The third kappa shape index (κ3) is 4.44. The maximum atomic E-state index is 4.45. The van der Waals surface area contributed by atoms with Gasteiger partial charge in [-0.25, -0.2) is 0 Å². The second-order valence-electron chi connectivity index (χ2n) is 6.75. The highest BCUT2D eigenvalue weighted by Gasteiger charge is 2.15. The lowest BCUT2D eigenvalue weighted by Gasteiger charge is -2.10. The number of nitrogens with zero attached hydrogens (tertiary/aromatic N) is 6.